The molecular formula is C26H46O2. The van der Waals surface area contributed by atoms with Crippen LogP contribution in [-0.2, 0) is 12.8 Å². The van der Waals surface area contributed by atoms with Gasteiger partial charge in [-0.15, -0.1) is 0 Å². The van der Waals surface area contributed by atoms with Crippen LogP contribution in [0.3, 0.4) is 0 Å². The molecule has 0 unspecified atom stereocenters. The first-order chi connectivity index (χ1) is 13.0. The van der Waals surface area contributed by atoms with E-state index in [1.807, 2.05) is 0 Å². The lowest BCUT2D eigenvalue weighted by Gasteiger charge is -2.18. The van der Waals surface area contributed by atoms with Crippen molar-refractivity contribution in [2.75, 3.05) is 0 Å². The van der Waals surface area contributed by atoms with E-state index in [0.717, 1.165) is 36.8 Å². The fourth-order valence-corrected chi connectivity index (χ4v) is 3.85. The van der Waals surface area contributed by atoms with Crippen molar-refractivity contribution in [2.45, 2.75) is 119 Å². The molecule has 0 aliphatic heterocycles. The summed E-state index contributed by atoms with van der Waals surface area (Å²) >= 11 is 0. The van der Waals surface area contributed by atoms with Gasteiger partial charge in [-0.25, -0.2) is 0 Å². The highest BCUT2D eigenvalue weighted by Crippen LogP contribution is 2.32. The molecule has 0 saturated carbocycles. The molecule has 2 N–H and O–H groups in total. The van der Waals surface area contributed by atoms with Crippen LogP contribution in [0.5, 0.6) is 11.5 Å². The SMILES string of the molecule is CC(C)(C)CCCCCCc1c(O)ccc(O)c1CCCCCCC(C)(C)C. The molecule has 162 valence electrons. The minimum Gasteiger partial charge on any atom is -0.508 e. The monoisotopic (exact) mass is 390 g/mol. The summed E-state index contributed by atoms with van der Waals surface area (Å²) in [4.78, 5) is 0. The summed E-state index contributed by atoms with van der Waals surface area (Å²) in [6.45, 7) is 13.8. The second-order valence-corrected chi connectivity index (χ2v) is 11.0. The van der Waals surface area contributed by atoms with E-state index in [0.29, 0.717) is 22.3 Å². The van der Waals surface area contributed by atoms with Gasteiger partial charge in [0.2, 0.25) is 0 Å². The lowest BCUT2D eigenvalue weighted by molar-refractivity contribution is 0.356. The molecule has 28 heavy (non-hydrogen) atoms. The summed E-state index contributed by atoms with van der Waals surface area (Å²) < 4.78 is 0. The van der Waals surface area contributed by atoms with Crippen molar-refractivity contribution in [1.82, 2.24) is 0 Å². The molecule has 1 rings (SSSR count). The number of phenols is 2. The fraction of sp³-hybridized carbons (Fsp3) is 0.769. The maximum Gasteiger partial charge on any atom is 0.119 e. The highest BCUT2D eigenvalue weighted by Gasteiger charge is 2.14. The second-order valence-electron chi connectivity index (χ2n) is 11.0. The van der Waals surface area contributed by atoms with Crippen molar-refractivity contribution in [2.24, 2.45) is 10.8 Å². The number of rotatable bonds is 12. The first kappa shape index (κ1) is 24.9. The van der Waals surface area contributed by atoms with E-state index < -0.39 is 0 Å². The Balaban J connectivity index is 2.44. The summed E-state index contributed by atoms with van der Waals surface area (Å²) in [5, 5.41) is 20.7. The lowest BCUT2D eigenvalue weighted by atomic mass is 9.88. The van der Waals surface area contributed by atoms with Gasteiger partial charge in [0, 0.05) is 11.1 Å². The first-order valence-electron chi connectivity index (χ1n) is 11.5. The summed E-state index contributed by atoms with van der Waals surface area (Å²) in [5.74, 6) is 0.713. The quantitative estimate of drug-likeness (QED) is 0.279. The first-order valence-corrected chi connectivity index (χ1v) is 11.5. The number of hydrogen-bond donors (Lipinski definition) is 2. The van der Waals surface area contributed by atoms with Crippen LogP contribution >= 0.6 is 0 Å². The van der Waals surface area contributed by atoms with Crippen LogP contribution in [0.2, 0.25) is 0 Å². The van der Waals surface area contributed by atoms with Gasteiger partial charge in [-0.3, -0.25) is 0 Å². The van der Waals surface area contributed by atoms with Gasteiger partial charge in [0.05, 0.1) is 0 Å². The number of unbranched alkanes of at least 4 members (excludes halogenated alkanes) is 6. The molecular weight excluding hydrogens is 344 g/mol. The van der Waals surface area contributed by atoms with Crippen LogP contribution in [0.4, 0.5) is 0 Å². The van der Waals surface area contributed by atoms with Crippen molar-refractivity contribution in [3.05, 3.63) is 23.3 Å². The second kappa shape index (κ2) is 11.7. The van der Waals surface area contributed by atoms with E-state index in [2.05, 4.69) is 41.5 Å². The Bertz CT molecular complexity index is 510. The Kier molecular flexibility index (Phi) is 10.4. The van der Waals surface area contributed by atoms with Crippen molar-refractivity contribution in [3.8, 4) is 11.5 Å². The molecule has 0 aliphatic rings. The van der Waals surface area contributed by atoms with Crippen molar-refractivity contribution in [1.29, 1.82) is 0 Å². The number of hydrogen-bond acceptors (Lipinski definition) is 2. The van der Waals surface area contributed by atoms with Gasteiger partial charge in [-0.05, 0) is 61.5 Å². The van der Waals surface area contributed by atoms with Gasteiger partial charge in [0.15, 0.2) is 0 Å². The van der Waals surface area contributed by atoms with E-state index in [1.54, 1.807) is 12.1 Å². The number of phenolic OH excluding ortho intramolecular Hbond substituents is 2. The van der Waals surface area contributed by atoms with Crippen LogP contribution < -0.4 is 0 Å². The molecule has 0 saturated heterocycles. The predicted octanol–water partition coefficient (Wildman–Crippen LogP) is 8.18. The molecule has 1 aromatic carbocycles. The van der Waals surface area contributed by atoms with Crippen molar-refractivity contribution < 1.29 is 10.2 Å². The van der Waals surface area contributed by atoms with Gasteiger partial charge in [0.25, 0.3) is 0 Å². The largest absolute Gasteiger partial charge is 0.508 e. The molecule has 0 amide bonds. The predicted molar refractivity (Wildman–Crippen MR) is 122 cm³/mol. The Hall–Kier alpha value is -1.18. The van der Waals surface area contributed by atoms with Crippen LogP contribution in [0.25, 0.3) is 0 Å². The molecule has 0 spiro atoms. The summed E-state index contributed by atoms with van der Waals surface area (Å²) in [5.41, 5.74) is 2.80. The normalized spacial score (nSPS) is 12.5. The average Bonchev–Trinajstić information content (AvgIpc) is 2.56. The summed E-state index contributed by atoms with van der Waals surface area (Å²) in [6.07, 6.45) is 13.9. The Morgan fingerprint density at radius 2 is 0.857 bits per heavy atom. The van der Waals surface area contributed by atoms with Crippen molar-refractivity contribution >= 4 is 0 Å². The van der Waals surface area contributed by atoms with Gasteiger partial charge in [0.1, 0.15) is 11.5 Å². The molecule has 0 aromatic heterocycles. The summed E-state index contributed by atoms with van der Waals surface area (Å²) in [7, 11) is 0. The molecule has 2 heteroatoms. The van der Waals surface area contributed by atoms with Crippen molar-refractivity contribution in [3.63, 3.8) is 0 Å². The van der Waals surface area contributed by atoms with Gasteiger partial charge in [-0.2, -0.15) is 0 Å². The maximum absolute atomic E-state index is 10.3. The van der Waals surface area contributed by atoms with Crippen LogP contribution in [0.1, 0.15) is 117 Å². The lowest BCUT2D eigenvalue weighted by Crippen LogP contribution is -2.04. The molecule has 0 bridgehead atoms. The van der Waals surface area contributed by atoms with E-state index >= 15 is 0 Å². The minimum absolute atomic E-state index is 0.357. The van der Waals surface area contributed by atoms with Crippen LogP contribution in [0, 0.1) is 10.8 Å². The topological polar surface area (TPSA) is 40.5 Å². The standard InChI is InChI=1S/C26H46O2/c1-25(2,3)19-13-9-7-11-15-21-22(24(28)18-17-23(21)27)16-12-8-10-14-20-26(4,5)6/h17-18,27-28H,7-16,19-20H2,1-6H3. The third-order valence-corrected chi connectivity index (χ3v) is 5.59. The molecule has 0 fully saturated rings. The highest BCUT2D eigenvalue weighted by atomic mass is 16.3. The maximum atomic E-state index is 10.3. The third-order valence-electron chi connectivity index (χ3n) is 5.59. The molecule has 0 atom stereocenters. The van der Waals surface area contributed by atoms with Gasteiger partial charge in [-0.1, -0.05) is 80.1 Å². The van der Waals surface area contributed by atoms with E-state index in [1.165, 1.54) is 51.4 Å². The zero-order chi connectivity index (χ0) is 21.2. The highest BCUT2D eigenvalue weighted by molar-refractivity contribution is 5.47. The van der Waals surface area contributed by atoms with E-state index in [4.69, 9.17) is 0 Å². The smallest absolute Gasteiger partial charge is 0.119 e. The van der Waals surface area contributed by atoms with E-state index in [9.17, 15) is 10.2 Å². The Morgan fingerprint density at radius 3 is 1.18 bits per heavy atom. The number of benzene rings is 1. The Morgan fingerprint density at radius 1 is 0.536 bits per heavy atom. The molecule has 0 radical (unpaired) electrons. The van der Waals surface area contributed by atoms with Gasteiger partial charge >= 0.3 is 0 Å². The van der Waals surface area contributed by atoms with Crippen LogP contribution in [-0.4, -0.2) is 10.2 Å². The molecule has 2 nitrogen and oxygen atoms in total. The molecule has 1 aromatic rings. The fourth-order valence-electron chi connectivity index (χ4n) is 3.85. The van der Waals surface area contributed by atoms with E-state index in [-0.39, 0.29) is 0 Å². The number of aromatic hydroxyl groups is 2. The minimum atomic E-state index is 0.357. The molecule has 0 aliphatic carbocycles. The van der Waals surface area contributed by atoms with Gasteiger partial charge < -0.3 is 10.2 Å². The average molecular weight is 391 g/mol. The Labute approximate surface area is 174 Å². The zero-order valence-corrected chi connectivity index (χ0v) is 19.5. The zero-order valence-electron chi connectivity index (χ0n) is 19.5. The summed E-state index contributed by atoms with van der Waals surface area (Å²) in [6, 6.07) is 3.30. The van der Waals surface area contributed by atoms with Crippen LogP contribution in [0.15, 0.2) is 12.1 Å². The third kappa shape index (κ3) is 11.0. The molecule has 0 heterocycles.